The molecule has 6 aliphatic rings. The van der Waals surface area contributed by atoms with Crippen LogP contribution in [0.3, 0.4) is 0 Å². The summed E-state index contributed by atoms with van der Waals surface area (Å²) in [6.45, 7) is 8.64. The molecule has 2 spiro atoms. The molecule has 2 N–H and O–H groups in total. The van der Waals surface area contributed by atoms with Gasteiger partial charge in [0.1, 0.15) is 0 Å². The van der Waals surface area contributed by atoms with E-state index in [-0.39, 0.29) is 39.5 Å². The zero-order chi connectivity index (χ0) is 26.3. The van der Waals surface area contributed by atoms with E-state index in [0.717, 1.165) is 62.6 Å². The second kappa shape index (κ2) is 8.37. The maximum atomic E-state index is 14.4. The summed E-state index contributed by atoms with van der Waals surface area (Å²) in [5.41, 5.74) is 0.0513. The number of likely N-dealkylation sites (N-methyl/N-ethyl adjacent to an activating group) is 1. The Morgan fingerprint density at radius 3 is 2.41 bits per heavy atom. The molecule has 1 aromatic carbocycles. The van der Waals surface area contributed by atoms with Crippen molar-refractivity contribution in [3.8, 4) is 0 Å². The predicted molar refractivity (Wildman–Crippen MR) is 147 cm³/mol. The lowest BCUT2D eigenvalue weighted by Gasteiger charge is -2.71. The van der Waals surface area contributed by atoms with Gasteiger partial charge in [-0.25, -0.2) is 0 Å². The number of rotatable bonds is 6. The van der Waals surface area contributed by atoms with E-state index >= 15 is 0 Å². The van der Waals surface area contributed by atoms with Crippen LogP contribution in [-0.2, 0) is 0 Å². The van der Waals surface area contributed by atoms with Gasteiger partial charge in [0.15, 0.2) is 5.78 Å². The molecular formula is C33H45NO3. The van der Waals surface area contributed by atoms with Crippen LogP contribution in [0.25, 0.3) is 0 Å². The molecule has 3 fully saturated rings. The van der Waals surface area contributed by atoms with Crippen LogP contribution in [0.4, 0.5) is 0 Å². The van der Waals surface area contributed by atoms with Crippen molar-refractivity contribution in [3.05, 3.63) is 59.7 Å². The fraction of sp³-hybridized carbons (Fsp3) is 0.667. The lowest BCUT2D eigenvalue weighted by molar-refractivity contribution is -0.175. The topological polar surface area (TPSA) is 60.8 Å². The van der Waals surface area contributed by atoms with Gasteiger partial charge in [-0.05, 0) is 82.2 Å². The summed E-state index contributed by atoms with van der Waals surface area (Å²) in [6, 6.07) is 9.76. The number of hydrogen-bond donors (Lipinski definition) is 2. The first-order chi connectivity index (χ1) is 17.6. The normalized spacial score (nSPS) is 45.8. The van der Waals surface area contributed by atoms with E-state index in [1.165, 1.54) is 0 Å². The first-order valence-corrected chi connectivity index (χ1v) is 14.7. The van der Waals surface area contributed by atoms with Gasteiger partial charge in [-0.15, -0.1) is 0 Å². The number of benzene rings is 1. The van der Waals surface area contributed by atoms with Crippen molar-refractivity contribution in [3.63, 3.8) is 0 Å². The summed E-state index contributed by atoms with van der Waals surface area (Å²) in [5, 5.41) is 23.1. The number of carbonyl (C=O) groups is 1. The number of aliphatic hydroxyl groups excluding tert-OH is 1. The minimum Gasteiger partial charge on any atom is -0.393 e. The van der Waals surface area contributed by atoms with Crippen molar-refractivity contribution in [1.82, 2.24) is 4.90 Å². The third-order valence-corrected chi connectivity index (χ3v) is 12.1. The zero-order valence-electron chi connectivity index (χ0n) is 23.2. The lowest BCUT2D eigenvalue weighted by atomic mass is 9.32. The predicted octanol–water partition coefficient (Wildman–Crippen LogP) is 5.80. The average molecular weight is 504 g/mol. The molecule has 0 amide bonds. The lowest BCUT2D eigenvalue weighted by Crippen LogP contribution is -2.67. The van der Waals surface area contributed by atoms with E-state index in [0.29, 0.717) is 18.9 Å². The molecule has 4 heteroatoms. The van der Waals surface area contributed by atoms with Crippen LogP contribution in [0, 0.1) is 33.5 Å². The number of nitrogens with zero attached hydrogens (tertiary/aromatic N) is 1. The minimum atomic E-state index is -0.758. The maximum Gasteiger partial charge on any atom is 0.189 e. The highest BCUT2D eigenvalue weighted by Gasteiger charge is 2.74. The molecule has 3 saturated carbocycles. The van der Waals surface area contributed by atoms with Gasteiger partial charge in [0.2, 0.25) is 0 Å². The minimum absolute atomic E-state index is 0.0164. The number of aliphatic hydroxyl groups is 2. The number of Topliss-reactive ketones (excluding diaryl/α,β-unsaturated/α-hetero) is 1. The smallest absolute Gasteiger partial charge is 0.189 e. The van der Waals surface area contributed by atoms with Crippen molar-refractivity contribution in [2.45, 2.75) is 83.8 Å². The molecule has 0 saturated heterocycles. The van der Waals surface area contributed by atoms with E-state index in [1.807, 2.05) is 30.3 Å². The van der Waals surface area contributed by atoms with Gasteiger partial charge in [0, 0.05) is 33.9 Å². The van der Waals surface area contributed by atoms with Crippen molar-refractivity contribution in [2.75, 3.05) is 20.1 Å². The summed E-state index contributed by atoms with van der Waals surface area (Å²) in [6.07, 6.45) is 14.1. The van der Waals surface area contributed by atoms with Crippen molar-refractivity contribution in [1.29, 1.82) is 0 Å². The van der Waals surface area contributed by atoms with E-state index in [1.54, 1.807) is 0 Å². The molecule has 8 atom stereocenters. The van der Waals surface area contributed by atoms with E-state index < -0.39 is 5.60 Å². The van der Waals surface area contributed by atoms with E-state index in [4.69, 9.17) is 0 Å². The molecule has 0 radical (unpaired) electrons. The Hall–Kier alpha value is -1.75. The second-order valence-electron chi connectivity index (χ2n) is 13.7. The van der Waals surface area contributed by atoms with Gasteiger partial charge in [-0.2, -0.15) is 0 Å². The van der Waals surface area contributed by atoms with Gasteiger partial charge in [-0.3, -0.25) is 4.79 Å². The van der Waals surface area contributed by atoms with Crippen LogP contribution in [0.5, 0.6) is 0 Å². The first-order valence-electron chi connectivity index (χ1n) is 14.7. The third-order valence-electron chi connectivity index (χ3n) is 12.1. The second-order valence-corrected chi connectivity index (χ2v) is 13.7. The Kier molecular flexibility index (Phi) is 5.78. The highest BCUT2D eigenvalue weighted by molar-refractivity contribution is 6.10. The zero-order valence-corrected chi connectivity index (χ0v) is 23.2. The standard InChI is InChI=1S/C33H45NO3/c1-5-19-34(4)22-32(37)16-13-27-30(32,3)15-12-26-29(2)14-11-24(35)20-31(29)17-18-33(26,27)25(21-31)28(36)23-9-7-6-8-10-23/h6-10,17-18,21,24,26-27,35,37H,5,11-16,19-20,22H2,1-4H3/t24?,26-,27-,29-,30+,31+,32-,33-/m1/s1. The molecule has 7 rings (SSSR count). The van der Waals surface area contributed by atoms with Gasteiger partial charge in [0.25, 0.3) is 0 Å². The SMILES string of the molecule is CCCN(C)C[C@]1(O)CC[C@H]2[C@]34C=C[C@@]5(C=C3C(=O)c3ccccc3)CC(O)CC[C@]5(C)[C@H]4CC[C@@]21C. The van der Waals surface area contributed by atoms with Gasteiger partial charge < -0.3 is 15.1 Å². The molecule has 0 aromatic heterocycles. The highest BCUT2D eigenvalue weighted by atomic mass is 16.3. The van der Waals surface area contributed by atoms with Crippen molar-refractivity contribution in [2.24, 2.45) is 33.5 Å². The summed E-state index contributed by atoms with van der Waals surface area (Å²) in [7, 11) is 2.14. The Morgan fingerprint density at radius 1 is 1.00 bits per heavy atom. The monoisotopic (exact) mass is 503 g/mol. The summed E-state index contributed by atoms with van der Waals surface area (Å²) >= 11 is 0. The Morgan fingerprint density at radius 2 is 1.68 bits per heavy atom. The van der Waals surface area contributed by atoms with Crippen LogP contribution in [0.15, 0.2) is 54.1 Å². The van der Waals surface area contributed by atoms with Gasteiger partial charge in [-0.1, -0.05) is 69.3 Å². The fourth-order valence-electron chi connectivity index (χ4n) is 10.3. The third kappa shape index (κ3) is 3.22. The molecule has 0 heterocycles. The highest BCUT2D eigenvalue weighted by Crippen LogP contribution is 2.78. The van der Waals surface area contributed by atoms with E-state index in [2.05, 4.69) is 50.9 Å². The molecule has 0 aliphatic heterocycles. The molecule has 1 unspecified atom stereocenters. The van der Waals surface area contributed by atoms with Crippen LogP contribution in [0.2, 0.25) is 0 Å². The first kappa shape index (κ1) is 25.5. The van der Waals surface area contributed by atoms with Gasteiger partial charge in [0.05, 0.1) is 11.7 Å². The Bertz CT molecular complexity index is 1140. The Balaban J connectivity index is 1.51. The number of ketones is 1. The number of carbonyl (C=O) groups excluding carboxylic acids is 1. The summed E-state index contributed by atoms with van der Waals surface area (Å²) in [5.74, 6) is 0.703. The molecule has 2 bridgehead atoms. The summed E-state index contributed by atoms with van der Waals surface area (Å²) < 4.78 is 0. The van der Waals surface area contributed by atoms with Crippen LogP contribution < -0.4 is 0 Å². The molecule has 4 nitrogen and oxygen atoms in total. The number of hydrogen-bond acceptors (Lipinski definition) is 4. The number of fused-ring (bicyclic) bond motifs is 1. The molecule has 37 heavy (non-hydrogen) atoms. The quantitative estimate of drug-likeness (QED) is 0.380. The largest absolute Gasteiger partial charge is 0.393 e. The molecule has 200 valence electrons. The molecule has 1 aromatic rings. The average Bonchev–Trinajstić information content (AvgIpc) is 3.14. The molecule has 6 aliphatic carbocycles. The Labute approximate surface area is 222 Å². The van der Waals surface area contributed by atoms with Crippen LogP contribution in [0.1, 0.15) is 82.5 Å². The van der Waals surface area contributed by atoms with Crippen LogP contribution in [-0.4, -0.2) is 52.7 Å². The van der Waals surface area contributed by atoms with Crippen LogP contribution >= 0.6 is 0 Å². The van der Waals surface area contributed by atoms with Gasteiger partial charge >= 0.3 is 0 Å². The fourth-order valence-corrected chi connectivity index (χ4v) is 10.3. The van der Waals surface area contributed by atoms with Crippen molar-refractivity contribution < 1.29 is 15.0 Å². The molecular weight excluding hydrogens is 458 g/mol. The number of allylic oxidation sites excluding steroid dienone is 4. The maximum absolute atomic E-state index is 14.4. The van der Waals surface area contributed by atoms with E-state index in [9.17, 15) is 15.0 Å². The summed E-state index contributed by atoms with van der Waals surface area (Å²) in [4.78, 5) is 16.7. The van der Waals surface area contributed by atoms with Crippen molar-refractivity contribution >= 4 is 5.78 Å².